The van der Waals surface area contributed by atoms with Crippen molar-refractivity contribution < 1.29 is 14.6 Å². The fraction of sp³-hybridized carbons (Fsp3) is 0.188. The van der Waals surface area contributed by atoms with Gasteiger partial charge in [-0.05, 0) is 24.6 Å². The number of para-hydroxylation sites is 1. The predicted octanol–water partition coefficient (Wildman–Crippen LogP) is 3.55. The number of benzene rings is 2. The summed E-state index contributed by atoms with van der Waals surface area (Å²) in [6.07, 6.45) is 0.627. The van der Waals surface area contributed by atoms with Crippen LogP contribution in [0.25, 0.3) is 0 Å². The number of hydrogen-bond donors (Lipinski definition) is 2. The molecule has 0 aromatic heterocycles. The SMILES string of the molecule is O=C(Nc1ccc(Cl)c(O)c1)C1CCOc2ccccc21. The lowest BCUT2D eigenvalue weighted by Gasteiger charge is -2.25. The fourth-order valence-electron chi connectivity index (χ4n) is 2.43. The number of phenolic OH excluding ortho intramolecular Hbond substituents is 1. The molecular formula is C16H14ClNO3. The zero-order valence-electron chi connectivity index (χ0n) is 11.2. The Balaban J connectivity index is 1.81. The van der Waals surface area contributed by atoms with Crippen LogP contribution in [0.4, 0.5) is 5.69 Å². The molecule has 0 bridgehead atoms. The lowest BCUT2D eigenvalue weighted by Crippen LogP contribution is -2.26. The molecule has 2 aromatic rings. The van der Waals surface area contributed by atoms with Gasteiger partial charge in [-0.15, -0.1) is 0 Å². The van der Waals surface area contributed by atoms with Gasteiger partial charge in [-0.3, -0.25) is 4.79 Å². The Bertz CT molecular complexity index is 687. The van der Waals surface area contributed by atoms with Crippen molar-refractivity contribution in [2.45, 2.75) is 12.3 Å². The smallest absolute Gasteiger partial charge is 0.232 e. The number of carbonyl (C=O) groups excluding carboxylic acids is 1. The normalized spacial score (nSPS) is 16.7. The van der Waals surface area contributed by atoms with E-state index in [1.165, 1.54) is 6.07 Å². The van der Waals surface area contributed by atoms with Crippen molar-refractivity contribution in [3.05, 3.63) is 53.1 Å². The molecule has 0 saturated carbocycles. The highest BCUT2D eigenvalue weighted by atomic mass is 35.5. The van der Waals surface area contributed by atoms with Gasteiger partial charge in [0.1, 0.15) is 11.5 Å². The first kappa shape index (κ1) is 13.8. The first-order valence-corrected chi connectivity index (χ1v) is 7.04. The second-order valence-corrected chi connectivity index (χ2v) is 5.29. The summed E-state index contributed by atoms with van der Waals surface area (Å²) >= 11 is 5.75. The van der Waals surface area contributed by atoms with E-state index in [0.29, 0.717) is 18.7 Å². The van der Waals surface area contributed by atoms with Crippen LogP contribution in [0.15, 0.2) is 42.5 Å². The highest BCUT2D eigenvalue weighted by Crippen LogP contribution is 2.34. The molecule has 1 aliphatic heterocycles. The molecule has 0 spiro atoms. The van der Waals surface area contributed by atoms with E-state index < -0.39 is 0 Å². The van der Waals surface area contributed by atoms with Gasteiger partial charge in [0, 0.05) is 17.3 Å². The molecule has 2 N–H and O–H groups in total. The molecule has 1 aliphatic rings. The van der Waals surface area contributed by atoms with Crippen molar-refractivity contribution in [3.63, 3.8) is 0 Å². The van der Waals surface area contributed by atoms with Gasteiger partial charge in [-0.2, -0.15) is 0 Å². The van der Waals surface area contributed by atoms with E-state index in [1.807, 2.05) is 24.3 Å². The summed E-state index contributed by atoms with van der Waals surface area (Å²) < 4.78 is 5.55. The van der Waals surface area contributed by atoms with Gasteiger partial charge in [0.2, 0.25) is 5.91 Å². The van der Waals surface area contributed by atoms with Crippen molar-refractivity contribution in [3.8, 4) is 11.5 Å². The number of nitrogens with one attached hydrogen (secondary N) is 1. The van der Waals surface area contributed by atoms with E-state index >= 15 is 0 Å². The zero-order valence-corrected chi connectivity index (χ0v) is 11.9. The molecular weight excluding hydrogens is 290 g/mol. The standard InChI is InChI=1S/C16H14ClNO3/c17-13-6-5-10(9-14(13)19)18-16(20)12-7-8-21-15-4-2-1-3-11(12)15/h1-6,9,12,19H,7-8H2,(H,18,20). The Morgan fingerprint density at radius 3 is 2.90 bits per heavy atom. The van der Waals surface area contributed by atoms with Crippen molar-refractivity contribution >= 4 is 23.2 Å². The molecule has 0 saturated heterocycles. The van der Waals surface area contributed by atoms with Crippen LogP contribution in [0.2, 0.25) is 5.02 Å². The van der Waals surface area contributed by atoms with Gasteiger partial charge >= 0.3 is 0 Å². The molecule has 2 aromatic carbocycles. The minimum absolute atomic E-state index is 0.0538. The van der Waals surface area contributed by atoms with E-state index in [0.717, 1.165) is 11.3 Å². The first-order valence-electron chi connectivity index (χ1n) is 6.66. The number of hydrogen-bond acceptors (Lipinski definition) is 3. The number of ether oxygens (including phenoxy) is 1. The first-order chi connectivity index (χ1) is 10.1. The molecule has 0 aliphatic carbocycles. The Hall–Kier alpha value is -2.20. The van der Waals surface area contributed by atoms with E-state index in [-0.39, 0.29) is 22.6 Å². The topological polar surface area (TPSA) is 58.6 Å². The van der Waals surface area contributed by atoms with Crippen LogP contribution in [0.3, 0.4) is 0 Å². The molecule has 108 valence electrons. The van der Waals surface area contributed by atoms with Crippen LogP contribution >= 0.6 is 11.6 Å². The molecule has 0 fully saturated rings. The second-order valence-electron chi connectivity index (χ2n) is 4.88. The number of anilines is 1. The van der Waals surface area contributed by atoms with Gasteiger partial charge in [-0.25, -0.2) is 0 Å². The monoisotopic (exact) mass is 303 g/mol. The second kappa shape index (κ2) is 5.66. The number of halogens is 1. The van der Waals surface area contributed by atoms with Gasteiger partial charge in [0.15, 0.2) is 0 Å². The van der Waals surface area contributed by atoms with Crippen molar-refractivity contribution in [1.29, 1.82) is 0 Å². The van der Waals surface area contributed by atoms with Crippen molar-refractivity contribution in [1.82, 2.24) is 0 Å². The van der Waals surface area contributed by atoms with Crippen LogP contribution in [0.1, 0.15) is 17.9 Å². The van der Waals surface area contributed by atoms with E-state index in [1.54, 1.807) is 12.1 Å². The minimum atomic E-state index is -0.257. The van der Waals surface area contributed by atoms with Crippen LogP contribution in [-0.2, 0) is 4.79 Å². The molecule has 4 nitrogen and oxygen atoms in total. The van der Waals surface area contributed by atoms with Crippen LogP contribution in [-0.4, -0.2) is 17.6 Å². The quantitative estimate of drug-likeness (QED) is 0.892. The zero-order chi connectivity index (χ0) is 14.8. The number of rotatable bonds is 2. The van der Waals surface area contributed by atoms with Gasteiger partial charge in [0.25, 0.3) is 0 Å². The fourth-order valence-corrected chi connectivity index (χ4v) is 2.55. The molecule has 1 atom stereocenters. The molecule has 5 heteroatoms. The third-order valence-corrected chi connectivity index (χ3v) is 3.81. The Morgan fingerprint density at radius 1 is 1.29 bits per heavy atom. The molecule has 21 heavy (non-hydrogen) atoms. The molecule has 1 heterocycles. The van der Waals surface area contributed by atoms with Crippen molar-refractivity contribution in [2.24, 2.45) is 0 Å². The predicted molar refractivity (Wildman–Crippen MR) is 81.0 cm³/mol. The van der Waals surface area contributed by atoms with E-state index in [9.17, 15) is 9.90 Å². The number of carbonyl (C=O) groups is 1. The highest BCUT2D eigenvalue weighted by molar-refractivity contribution is 6.32. The van der Waals surface area contributed by atoms with Crippen LogP contribution in [0, 0.1) is 0 Å². The summed E-state index contributed by atoms with van der Waals surface area (Å²) in [5.74, 6) is 0.324. The summed E-state index contributed by atoms with van der Waals surface area (Å²) in [7, 11) is 0. The third kappa shape index (κ3) is 2.81. The van der Waals surface area contributed by atoms with Gasteiger partial charge in [0.05, 0.1) is 17.5 Å². The lowest BCUT2D eigenvalue weighted by atomic mass is 9.92. The third-order valence-electron chi connectivity index (χ3n) is 3.49. The van der Waals surface area contributed by atoms with E-state index in [2.05, 4.69) is 5.32 Å². The number of aromatic hydroxyl groups is 1. The summed E-state index contributed by atoms with van der Waals surface area (Å²) in [6, 6.07) is 12.2. The summed E-state index contributed by atoms with van der Waals surface area (Å²) in [6.45, 7) is 0.515. The maximum absolute atomic E-state index is 12.4. The molecule has 1 amide bonds. The summed E-state index contributed by atoms with van der Waals surface area (Å²) in [5, 5.41) is 12.6. The maximum atomic E-state index is 12.4. The highest BCUT2D eigenvalue weighted by Gasteiger charge is 2.27. The summed E-state index contributed by atoms with van der Waals surface area (Å²) in [4.78, 5) is 12.4. The summed E-state index contributed by atoms with van der Waals surface area (Å²) in [5.41, 5.74) is 1.41. The van der Waals surface area contributed by atoms with Crippen molar-refractivity contribution in [2.75, 3.05) is 11.9 Å². The molecule has 0 radical (unpaired) electrons. The largest absolute Gasteiger partial charge is 0.506 e. The van der Waals surface area contributed by atoms with Crippen LogP contribution < -0.4 is 10.1 Å². The molecule has 1 unspecified atom stereocenters. The Labute approximate surface area is 127 Å². The Kier molecular flexibility index (Phi) is 3.71. The van der Waals surface area contributed by atoms with Gasteiger partial charge in [-0.1, -0.05) is 29.8 Å². The number of fused-ring (bicyclic) bond motifs is 1. The lowest BCUT2D eigenvalue weighted by molar-refractivity contribution is -0.118. The molecule has 3 rings (SSSR count). The van der Waals surface area contributed by atoms with E-state index in [4.69, 9.17) is 16.3 Å². The Morgan fingerprint density at radius 2 is 2.10 bits per heavy atom. The number of amides is 1. The minimum Gasteiger partial charge on any atom is -0.506 e. The average Bonchev–Trinajstić information content (AvgIpc) is 2.50. The van der Waals surface area contributed by atoms with Gasteiger partial charge < -0.3 is 15.2 Å². The average molecular weight is 304 g/mol. The number of phenols is 1. The van der Waals surface area contributed by atoms with Crippen LogP contribution in [0.5, 0.6) is 11.5 Å². The maximum Gasteiger partial charge on any atom is 0.232 e.